The number of anilines is 1. The molecule has 0 saturated heterocycles. The fraction of sp³-hybridized carbons (Fsp3) is 0.182. The van der Waals surface area contributed by atoms with Gasteiger partial charge in [0.1, 0.15) is 23.2 Å². The first-order valence-electron chi connectivity index (χ1n) is 8.78. The highest BCUT2D eigenvalue weighted by atomic mass is 19.1. The fourth-order valence-corrected chi connectivity index (χ4v) is 3.09. The van der Waals surface area contributed by atoms with Crippen LogP contribution in [-0.2, 0) is 0 Å². The molecule has 146 valence electrons. The van der Waals surface area contributed by atoms with Gasteiger partial charge in [0.2, 0.25) is 0 Å². The Bertz CT molecular complexity index is 940. The number of nitrogen functional groups attached to an aromatic ring is 1. The van der Waals surface area contributed by atoms with Gasteiger partial charge in [-0.15, -0.1) is 0 Å². The third kappa shape index (κ3) is 4.46. The van der Waals surface area contributed by atoms with Crippen molar-refractivity contribution in [2.45, 2.75) is 19.0 Å². The van der Waals surface area contributed by atoms with Crippen molar-refractivity contribution in [2.75, 3.05) is 12.8 Å². The minimum atomic E-state index is -0.643. The van der Waals surface area contributed by atoms with Crippen molar-refractivity contribution in [1.82, 2.24) is 5.32 Å². The van der Waals surface area contributed by atoms with Gasteiger partial charge in [-0.1, -0.05) is 18.2 Å². The van der Waals surface area contributed by atoms with E-state index in [0.29, 0.717) is 11.3 Å². The highest BCUT2D eigenvalue weighted by molar-refractivity contribution is 5.46. The molecule has 0 aliphatic heterocycles. The molecule has 0 amide bonds. The zero-order chi connectivity index (χ0) is 20.3. The van der Waals surface area contributed by atoms with Gasteiger partial charge in [0.25, 0.3) is 0 Å². The summed E-state index contributed by atoms with van der Waals surface area (Å²) in [6, 6.07) is 14.5. The number of benzene rings is 3. The minimum Gasteiger partial charge on any atom is -0.497 e. The van der Waals surface area contributed by atoms with Crippen LogP contribution in [0.25, 0.3) is 0 Å². The van der Waals surface area contributed by atoms with Gasteiger partial charge < -0.3 is 10.5 Å². The van der Waals surface area contributed by atoms with Crippen molar-refractivity contribution in [1.29, 1.82) is 0 Å². The van der Waals surface area contributed by atoms with Crippen molar-refractivity contribution in [2.24, 2.45) is 0 Å². The van der Waals surface area contributed by atoms with Gasteiger partial charge in [-0.3, -0.25) is 5.32 Å². The molecule has 3 nitrogen and oxygen atoms in total. The van der Waals surface area contributed by atoms with Crippen molar-refractivity contribution < 1.29 is 17.9 Å². The Balaban J connectivity index is 1.98. The number of ether oxygens (including phenoxy) is 1. The molecule has 3 aromatic rings. The molecule has 0 bridgehead atoms. The Kier molecular flexibility index (Phi) is 5.90. The molecule has 0 fully saturated rings. The lowest BCUT2D eigenvalue weighted by molar-refractivity contribution is 0.414. The number of nitrogens with one attached hydrogen (secondary N) is 1. The predicted molar refractivity (Wildman–Crippen MR) is 104 cm³/mol. The zero-order valence-electron chi connectivity index (χ0n) is 15.5. The van der Waals surface area contributed by atoms with Crippen LogP contribution in [0.15, 0.2) is 60.7 Å². The minimum absolute atomic E-state index is 0.0299. The van der Waals surface area contributed by atoms with Crippen LogP contribution in [0.4, 0.5) is 18.9 Å². The Morgan fingerprint density at radius 3 is 2.00 bits per heavy atom. The summed E-state index contributed by atoms with van der Waals surface area (Å²) in [7, 11) is 1.58. The quantitative estimate of drug-likeness (QED) is 0.577. The van der Waals surface area contributed by atoms with Crippen molar-refractivity contribution in [3.05, 3.63) is 94.8 Å². The summed E-state index contributed by atoms with van der Waals surface area (Å²) in [4.78, 5) is 0. The molecule has 0 aliphatic rings. The van der Waals surface area contributed by atoms with Gasteiger partial charge in [0.05, 0.1) is 18.8 Å². The van der Waals surface area contributed by atoms with E-state index in [4.69, 9.17) is 10.5 Å². The summed E-state index contributed by atoms with van der Waals surface area (Å²) in [6.07, 6.45) is 0. The molecule has 28 heavy (non-hydrogen) atoms. The smallest absolute Gasteiger partial charge is 0.146 e. The van der Waals surface area contributed by atoms with Crippen LogP contribution in [0.1, 0.15) is 35.7 Å². The third-order valence-electron chi connectivity index (χ3n) is 4.60. The lowest BCUT2D eigenvalue weighted by Gasteiger charge is -2.25. The molecule has 0 spiro atoms. The second-order valence-electron chi connectivity index (χ2n) is 6.58. The molecule has 0 heterocycles. The number of halogens is 3. The van der Waals surface area contributed by atoms with E-state index in [0.717, 1.165) is 17.2 Å². The maximum Gasteiger partial charge on any atom is 0.146 e. The predicted octanol–water partition coefficient (Wildman–Crippen LogP) is 5.13. The van der Waals surface area contributed by atoms with Crippen LogP contribution in [0.2, 0.25) is 0 Å². The van der Waals surface area contributed by atoms with Crippen LogP contribution >= 0.6 is 0 Å². The Morgan fingerprint density at radius 1 is 0.821 bits per heavy atom. The van der Waals surface area contributed by atoms with Gasteiger partial charge in [-0.2, -0.15) is 0 Å². The van der Waals surface area contributed by atoms with Crippen molar-refractivity contribution in [3.63, 3.8) is 0 Å². The maximum absolute atomic E-state index is 13.6. The molecule has 3 aromatic carbocycles. The molecule has 2 unspecified atom stereocenters. The first-order valence-corrected chi connectivity index (χ1v) is 8.78. The number of hydrogen-bond acceptors (Lipinski definition) is 3. The standard InChI is InChI=1S/C22H21F3N2O/c1-13(16-9-17(23)12-18(24)10-16)27-22(14-3-6-19(28-2)7-4-14)15-5-8-20(25)21(26)11-15/h3-13,22,27H,26H2,1-2H3. The highest BCUT2D eigenvalue weighted by Crippen LogP contribution is 2.29. The van der Waals surface area contributed by atoms with Crippen LogP contribution in [0.3, 0.4) is 0 Å². The summed E-state index contributed by atoms with van der Waals surface area (Å²) in [5, 5.41) is 3.35. The first kappa shape index (κ1) is 19.8. The van der Waals surface area contributed by atoms with E-state index in [9.17, 15) is 13.2 Å². The van der Waals surface area contributed by atoms with Crippen LogP contribution in [0.5, 0.6) is 5.75 Å². The number of rotatable bonds is 6. The lowest BCUT2D eigenvalue weighted by atomic mass is 9.96. The molecule has 6 heteroatoms. The van der Waals surface area contributed by atoms with Gasteiger partial charge in [-0.25, -0.2) is 13.2 Å². The Hall–Kier alpha value is -2.99. The summed E-state index contributed by atoms with van der Waals surface area (Å²) in [6.45, 7) is 1.80. The number of hydrogen-bond donors (Lipinski definition) is 2. The zero-order valence-corrected chi connectivity index (χ0v) is 15.5. The summed E-state index contributed by atoms with van der Waals surface area (Å²) in [5.74, 6) is -1.09. The van der Waals surface area contributed by atoms with E-state index in [1.807, 2.05) is 24.3 Å². The van der Waals surface area contributed by atoms with E-state index in [-0.39, 0.29) is 17.8 Å². The Morgan fingerprint density at radius 2 is 1.43 bits per heavy atom. The van der Waals surface area contributed by atoms with Gasteiger partial charge >= 0.3 is 0 Å². The van der Waals surface area contributed by atoms with Crippen LogP contribution in [-0.4, -0.2) is 7.11 Å². The summed E-state index contributed by atoms with van der Waals surface area (Å²) in [5.41, 5.74) is 7.84. The molecule has 2 atom stereocenters. The second kappa shape index (κ2) is 8.35. The van der Waals surface area contributed by atoms with Crippen molar-refractivity contribution in [3.8, 4) is 5.75 Å². The molecular formula is C22H21F3N2O. The topological polar surface area (TPSA) is 47.3 Å². The largest absolute Gasteiger partial charge is 0.497 e. The SMILES string of the molecule is COc1ccc(C(NC(C)c2cc(F)cc(F)c2)c2ccc(F)c(N)c2)cc1. The van der Waals surface area contributed by atoms with E-state index in [1.165, 1.54) is 18.2 Å². The monoisotopic (exact) mass is 386 g/mol. The fourth-order valence-electron chi connectivity index (χ4n) is 3.09. The van der Waals surface area contributed by atoms with Gasteiger partial charge in [-0.05, 0) is 60.0 Å². The molecule has 3 N–H and O–H groups in total. The van der Waals surface area contributed by atoms with E-state index in [2.05, 4.69) is 5.32 Å². The molecule has 0 aromatic heterocycles. The summed E-state index contributed by atoms with van der Waals surface area (Å²) >= 11 is 0. The van der Waals surface area contributed by atoms with Gasteiger partial charge in [0, 0.05) is 12.1 Å². The van der Waals surface area contributed by atoms with Crippen LogP contribution < -0.4 is 15.8 Å². The average molecular weight is 386 g/mol. The second-order valence-corrected chi connectivity index (χ2v) is 6.58. The van der Waals surface area contributed by atoms with Crippen LogP contribution in [0, 0.1) is 17.5 Å². The Labute approximate surface area is 162 Å². The van der Waals surface area contributed by atoms with E-state index < -0.39 is 17.5 Å². The molecule has 0 aliphatic carbocycles. The molecule has 0 radical (unpaired) electrons. The number of methoxy groups -OCH3 is 1. The molecule has 3 rings (SSSR count). The molecular weight excluding hydrogens is 365 g/mol. The molecule has 0 saturated carbocycles. The maximum atomic E-state index is 13.6. The average Bonchev–Trinajstić information content (AvgIpc) is 2.67. The normalized spacial score (nSPS) is 13.2. The summed E-state index contributed by atoms with van der Waals surface area (Å²) < 4.78 is 46.1. The van der Waals surface area contributed by atoms with Gasteiger partial charge in [0.15, 0.2) is 0 Å². The van der Waals surface area contributed by atoms with E-state index >= 15 is 0 Å². The lowest BCUT2D eigenvalue weighted by Crippen LogP contribution is -2.26. The highest BCUT2D eigenvalue weighted by Gasteiger charge is 2.19. The number of nitrogens with two attached hydrogens (primary N) is 1. The third-order valence-corrected chi connectivity index (χ3v) is 4.60. The first-order chi connectivity index (χ1) is 13.4. The van der Waals surface area contributed by atoms with E-state index in [1.54, 1.807) is 26.2 Å². The van der Waals surface area contributed by atoms with Crippen molar-refractivity contribution >= 4 is 5.69 Å².